The third-order valence-corrected chi connectivity index (χ3v) is 5.33. The molecule has 0 aliphatic heterocycles. The fourth-order valence-electron chi connectivity index (χ4n) is 2.57. The number of aromatic nitrogens is 1. The number of nitro groups is 1. The van der Waals surface area contributed by atoms with E-state index in [0.717, 1.165) is 0 Å². The molecule has 3 aromatic rings. The fraction of sp³-hybridized carbons (Fsp3) is 0.167. The van der Waals surface area contributed by atoms with Crippen LogP contribution in [0.3, 0.4) is 0 Å². The van der Waals surface area contributed by atoms with E-state index >= 15 is 0 Å². The summed E-state index contributed by atoms with van der Waals surface area (Å²) >= 11 is 0. The predicted molar refractivity (Wildman–Crippen MR) is 96.9 cm³/mol. The molecule has 3 rings (SSSR count). The molecule has 0 radical (unpaired) electrons. The van der Waals surface area contributed by atoms with Crippen molar-refractivity contribution in [1.29, 1.82) is 0 Å². The topological polar surface area (TPSA) is 99.4 Å². The van der Waals surface area contributed by atoms with Gasteiger partial charge < -0.3 is 4.18 Å². The van der Waals surface area contributed by atoms with E-state index in [1.807, 2.05) is 0 Å². The summed E-state index contributed by atoms with van der Waals surface area (Å²) < 4.78 is 30.8. The molecular weight excluding hydrogens is 356 g/mol. The van der Waals surface area contributed by atoms with Crippen molar-refractivity contribution < 1.29 is 17.5 Å². The van der Waals surface area contributed by atoms with Gasteiger partial charge >= 0.3 is 10.1 Å². The number of para-hydroxylation sites is 1. The third kappa shape index (κ3) is 3.23. The Morgan fingerprint density at radius 2 is 1.73 bits per heavy atom. The van der Waals surface area contributed by atoms with Gasteiger partial charge in [0.2, 0.25) is 0 Å². The average Bonchev–Trinajstić information content (AvgIpc) is 2.57. The van der Waals surface area contributed by atoms with Crippen LogP contribution in [0.5, 0.6) is 5.75 Å². The van der Waals surface area contributed by atoms with Gasteiger partial charge in [-0.2, -0.15) is 8.42 Å². The molecule has 0 atom stereocenters. The minimum Gasteiger partial charge on any atom is -0.376 e. The summed E-state index contributed by atoms with van der Waals surface area (Å²) in [5.41, 5.74) is 1.80. The highest BCUT2D eigenvalue weighted by Gasteiger charge is 2.29. The number of pyridine rings is 1. The maximum Gasteiger partial charge on any atom is 0.346 e. The SMILES string of the molecule is Cc1ccc2cccc(OS(=O)(=O)c3cc(C)c(C)cc3[N+](=O)[O-])c2n1. The number of nitro benzene ring substituents is 1. The molecule has 0 unspecified atom stereocenters. The van der Waals surface area contributed by atoms with Gasteiger partial charge in [0.15, 0.2) is 10.6 Å². The molecule has 0 saturated heterocycles. The minimum absolute atomic E-state index is 0.0266. The average molecular weight is 372 g/mol. The van der Waals surface area contributed by atoms with E-state index in [1.165, 1.54) is 18.2 Å². The first-order valence-electron chi connectivity index (χ1n) is 7.75. The summed E-state index contributed by atoms with van der Waals surface area (Å²) in [7, 11) is -4.41. The molecule has 0 amide bonds. The minimum atomic E-state index is -4.41. The second-order valence-corrected chi connectivity index (χ2v) is 7.49. The number of fused-ring (bicyclic) bond motifs is 1. The van der Waals surface area contributed by atoms with Gasteiger partial charge in [0.05, 0.1) is 4.92 Å². The van der Waals surface area contributed by atoms with Gasteiger partial charge in [0, 0.05) is 17.1 Å². The Morgan fingerprint density at radius 1 is 1.04 bits per heavy atom. The lowest BCUT2D eigenvalue weighted by molar-refractivity contribution is -0.387. The van der Waals surface area contributed by atoms with Gasteiger partial charge in [-0.15, -0.1) is 0 Å². The Morgan fingerprint density at radius 3 is 2.42 bits per heavy atom. The number of benzene rings is 2. The van der Waals surface area contributed by atoms with Crippen molar-refractivity contribution in [3.8, 4) is 5.75 Å². The Hall–Kier alpha value is -3.00. The fourth-order valence-corrected chi connectivity index (χ4v) is 3.74. The summed E-state index contributed by atoms with van der Waals surface area (Å²) in [6.07, 6.45) is 0. The van der Waals surface area contributed by atoms with Crippen molar-refractivity contribution >= 4 is 26.7 Å². The lowest BCUT2D eigenvalue weighted by Gasteiger charge is -2.11. The molecule has 0 aliphatic carbocycles. The summed E-state index contributed by atoms with van der Waals surface area (Å²) in [5.74, 6) is 0.0266. The second kappa shape index (κ2) is 6.38. The summed E-state index contributed by atoms with van der Waals surface area (Å²) in [4.78, 5) is 14.4. The van der Waals surface area contributed by atoms with E-state index in [-0.39, 0.29) is 5.75 Å². The molecule has 26 heavy (non-hydrogen) atoms. The number of aryl methyl sites for hydroxylation is 3. The van der Waals surface area contributed by atoms with Crippen LogP contribution >= 0.6 is 0 Å². The Labute approximate surface area is 150 Å². The quantitative estimate of drug-likeness (QED) is 0.392. The van der Waals surface area contributed by atoms with E-state index in [1.54, 1.807) is 45.0 Å². The van der Waals surface area contributed by atoms with Gasteiger partial charge in [-0.1, -0.05) is 18.2 Å². The first-order chi connectivity index (χ1) is 12.2. The van der Waals surface area contributed by atoms with Crippen LogP contribution in [0.1, 0.15) is 16.8 Å². The first-order valence-corrected chi connectivity index (χ1v) is 9.16. The van der Waals surface area contributed by atoms with Crippen molar-refractivity contribution in [3.05, 3.63) is 69.4 Å². The number of hydrogen-bond acceptors (Lipinski definition) is 6. The van der Waals surface area contributed by atoms with Crippen molar-refractivity contribution in [3.63, 3.8) is 0 Å². The van der Waals surface area contributed by atoms with Crippen LogP contribution in [0, 0.1) is 30.9 Å². The number of rotatable bonds is 4. The molecule has 0 fully saturated rings. The maximum atomic E-state index is 12.8. The highest BCUT2D eigenvalue weighted by Crippen LogP contribution is 2.32. The van der Waals surface area contributed by atoms with Crippen LogP contribution < -0.4 is 4.18 Å². The molecule has 8 heteroatoms. The van der Waals surface area contributed by atoms with Gasteiger partial charge in [-0.25, -0.2) is 4.98 Å². The Kier molecular flexibility index (Phi) is 4.37. The van der Waals surface area contributed by atoms with Crippen LogP contribution in [0.25, 0.3) is 10.9 Å². The molecule has 0 aliphatic rings. The van der Waals surface area contributed by atoms with Crippen LogP contribution in [0.2, 0.25) is 0 Å². The standard InChI is InChI=1S/C18H16N2O5S/c1-11-9-15(20(21)22)17(10-12(11)2)26(23,24)25-16-6-4-5-14-8-7-13(3)19-18(14)16/h4-10H,1-3H3. The molecule has 2 aromatic carbocycles. The molecule has 1 heterocycles. The van der Waals surface area contributed by atoms with Gasteiger partial charge in [0.25, 0.3) is 5.69 Å². The van der Waals surface area contributed by atoms with E-state index < -0.39 is 25.6 Å². The molecule has 1 aromatic heterocycles. The lowest BCUT2D eigenvalue weighted by Crippen LogP contribution is -2.13. The predicted octanol–water partition coefficient (Wildman–Crippen LogP) is 3.84. The van der Waals surface area contributed by atoms with E-state index in [9.17, 15) is 18.5 Å². The van der Waals surface area contributed by atoms with E-state index in [0.29, 0.717) is 27.7 Å². The van der Waals surface area contributed by atoms with E-state index in [2.05, 4.69) is 4.98 Å². The van der Waals surface area contributed by atoms with Gasteiger partial charge in [-0.05, 0) is 50.1 Å². The lowest BCUT2D eigenvalue weighted by atomic mass is 10.1. The van der Waals surface area contributed by atoms with Crippen LogP contribution in [0.4, 0.5) is 5.69 Å². The summed E-state index contributed by atoms with van der Waals surface area (Å²) in [6.45, 7) is 5.14. The zero-order chi connectivity index (χ0) is 19.1. The van der Waals surface area contributed by atoms with Crippen LogP contribution in [0.15, 0.2) is 47.4 Å². The number of nitrogens with zero attached hydrogens (tertiary/aromatic N) is 2. The normalized spacial score (nSPS) is 11.5. The molecule has 7 nitrogen and oxygen atoms in total. The zero-order valence-corrected chi connectivity index (χ0v) is 15.2. The van der Waals surface area contributed by atoms with E-state index in [4.69, 9.17) is 4.18 Å². The molecular formula is C18H16N2O5S. The van der Waals surface area contributed by atoms with Crippen LogP contribution in [-0.2, 0) is 10.1 Å². The first kappa shape index (κ1) is 17.8. The Bertz CT molecular complexity index is 1140. The molecule has 0 saturated carbocycles. The van der Waals surface area contributed by atoms with Crippen molar-refractivity contribution in [2.24, 2.45) is 0 Å². The summed E-state index contributed by atoms with van der Waals surface area (Å²) in [5, 5.41) is 12.0. The largest absolute Gasteiger partial charge is 0.376 e. The monoisotopic (exact) mass is 372 g/mol. The van der Waals surface area contributed by atoms with Gasteiger partial charge in [-0.3, -0.25) is 10.1 Å². The van der Waals surface area contributed by atoms with Crippen molar-refractivity contribution in [2.75, 3.05) is 0 Å². The highest BCUT2D eigenvalue weighted by molar-refractivity contribution is 7.87. The maximum absolute atomic E-state index is 12.8. The smallest absolute Gasteiger partial charge is 0.346 e. The summed E-state index contributed by atoms with van der Waals surface area (Å²) in [6, 6.07) is 11.0. The molecule has 134 valence electrons. The molecule has 0 N–H and O–H groups in total. The number of hydrogen-bond donors (Lipinski definition) is 0. The third-order valence-electron chi connectivity index (χ3n) is 4.06. The van der Waals surface area contributed by atoms with Crippen molar-refractivity contribution in [1.82, 2.24) is 4.98 Å². The van der Waals surface area contributed by atoms with Crippen LogP contribution in [-0.4, -0.2) is 18.3 Å². The van der Waals surface area contributed by atoms with Crippen molar-refractivity contribution in [2.45, 2.75) is 25.7 Å². The molecule has 0 spiro atoms. The highest BCUT2D eigenvalue weighted by atomic mass is 32.2. The molecule has 0 bridgehead atoms. The zero-order valence-electron chi connectivity index (χ0n) is 14.4. The van der Waals surface area contributed by atoms with Gasteiger partial charge in [0.1, 0.15) is 5.52 Å². The Balaban J connectivity index is 2.16. The second-order valence-electron chi connectivity index (χ2n) is 5.98.